The molecule has 0 bridgehead atoms. The highest BCUT2D eigenvalue weighted by molar-refractivity contribution is 9.10. The Morgan fingerprint density at radius 1 is 1.44 bits per heavy atom. The lowest BCUT2D eigenvalue weighted by molar-refractivity contribution is -0.158. The monoisotopic (exact) mass is 315 g/mol. The largest absolute Gasteiger partial charge is 0.467 e. The van der Waals surface area contributed by atoms with Gasteiger partial charge in [-0.3, -0.25) is 0 Å². The Kier molecular flexibility index (Phi) is 4.76. The van der Waals surface area contributed by atoms with Gasteiger partial charge in [-0.05, 0) is 44.0 Å². The summed E-state index contributed by atoms with van der Waals surface area (Å²) in [6.07, 6.45) is 0. The normalized spacial score (nSPS) is 13.9. The molecule has 100 valence electrons. The van der Waals surface area contributed by atoms with E-state index in [1.54, 1.807) is 0 Å². The van der Waals surface area contributed by atoms with Crippen molar-refractivity contribution >= 4 is 27.6 Å². The van der Waals surface area contributed by atoms with Crippen molar-refractivity contribution < 1.29 is 14.6 Å². The van der Waals surface area contributed by atoms with Gasteiger partial charge in [0.05, 0.1) is 13.7 Å². The van der Waals surface area contributed by atoms with Crippen molar-refractivity contribution in [1.82, 2.24) is 0 Å². The molecule has 1 unspecified atom stereocenters. The molecule has 1 atom stereocenters. The molecule has 5 heteroatoms. The number of methoxy groups -OCH3 is 1. The van der Waals surface area contributed by atoms with Gasteiger partial charge in [0.15, 0.2) is 5.60 Å². The van der Waals surface area contributed by atoms with Crippen molar-refractivity contribution in [3.63, 3.8) is 0 Å². The number of carbonyl (C=O) groups is 1. The number of esters is 1. The number of benzene rings is 1. The van der Waals surface area contributed by atoms with Crippen LogP contribution in [0.2, 0.25) is 0 Å². The molecular weight excluding hydrogens is 298 g/mol. The minimum absolute atomic E-state index is 0.100. The number of anilines is 1. The minimum atomic E-state index is -1.54. The first-order valence-electron chi connectivity index (χ1n) is 5.59. The number of aryl methyl sites for hydroxylation is 2. The lowest BCUT2D eigenvalue weighted by Crippen LogP contribution is -2.43. The predicted octanol–water partition coefficient (Wildman–Crippen LogP) is 2.40. The fourth-order valence-corrected chi connectivity index (χ4v) is 2.43. The molecule has 1 rings (SSSR count). The maximum atomic E-state index is 11.4. The summed E-state index contributed by atoms with van der Waals surface area (Å²) < 4.78 is 5.55. The summed E-state index contributed by atoms with van der Waals surface area (Å²) in [5.41, 5.74) is 1.47. The maximum Gasteiger partial charge on any atom is 0.339 e. The van der Waals surface area contributed by atoms with E-state index in [1.165, 1.54) is 14.0 Å². The first-order chi connectivity index (χ1) is 8.27. The number of halogens is 1. The molecule has 1 aromatic rings. The van der Waals surface area contributed by atoms with Crippen LogP contribution in [0.1, 0.15) is 18.1 Å². The summed E-state index contributed by atoms with van der Waals surface area (Å²) in [6.45, 7) is 5.46. The number of nitrogens with one attached hydrogen (secondary N) is 1. The van der Waals surface area contributed by atoms with Gasteiger partial charge in [-0.25, -0.2) is 4.79 Å². The fraction of sp³-hybridized carbons (Fsp3) is 0.462. The van der Waals surface area contributed by atoms with E-state index in [0.717, 1.165) is 21.3 Å². The van der Waals surface area contributed by atoms with Gasteiger partial charge in [0, 0.05) is 10.2 Å². The highest BCUT2D eigenvalue weighted by Gasteiger charge is 2.31. The van der Waals surface area contributed by atoms with Crippen LogP contribution in [0.25, 0.3) is 0 Å². The Morgan fingerprint density at radius 2 is 1.94 bits per heavy atom. The molecule has 18 heavy (non-hydrogen) atoms. The highest BCUT2D eigenvalue weighted by atomic mass is 79.9. The van der Waals surface area contributed by atoms with E-state index in [9.17, 15) is 9.90 Å². The van der Waals surface area contributed by atoms with Gasteiger partial charge >= 0.3 is 5.97 Å². The molecule has 0 spiro atoms. The molecule has 1 aromatic carbocycles. The quantitative estimate of drug-likeness (QED) is 0.838. The second kappa shape index (κ2) is 5.71. The predicted molar refractivity (Wildman–Crippen MR) is 74.7 cm³/mol. The Bertz CT molecular complexity index is 435. The number of aliphatic hydroxyl groups is 1. The van der Waals surface area contributed by atoms with Crippen molar-refractivity contribution in [2.24, 2.45) is 0 Å². The summed E-state index contributed by atoms with van der Waals surface area (Å²) >= 11 is 3.42. The van der Waals surface area contributed by atoms with Crippen LogP contribution >= 0.6 is 15.9 Å². The molecule has 0 heterocycles. The van der Waals surface area contributed by atoms with E-state index in [4.69, 9.17) is 0 Å². The second-order valence-corrected chi connectivity index (χ2v) is 5.45. The molecule has 2 N–H and O–H groups in total. The second-order valence-electron chi connectivity index (χ2n) is 4.53. The number of hydrogen-bond donors (Lipinski definition) is 2. The lowest BCUT2D eigenvalue weighted by Gasteiger charge is -2.22. The maximum absolute atomic E-state index is 11.4. The van der Waals surface area contributed by atoms with Crippen LogP contribution in [0.15, 0.2) is 16.6 Å². The van der Waals surface area contributed by atoms with E-state index < -0.39 is 11.6 Å². The fourth-order valence-electron chi connectivity index (χ4n) is 1.74. The van der Waals surface area contributed by atoms with Gasteiger partial charge in [0.25, 0.3) is 0 Å². The number of ether oxygens (including phenoxy) is 1. The SMILES string of the molecule is COC(=O)C(C)(O)CNc1c(C)cc(Br)cc1C. The molecule has 0 saturated heterocycles. The first-order valence-corrected chi connectivity index (χ1v) is 6.38. The van der Waals surface area contributed by atoms with Crippen molar-refractivity contribution in [2.75, 3.05) is 19.0 Å². The molecule has 4 nitrogen and oxygen atoms in total. The molecule has 0 aliphatic rings. The molecule has 0 saturated carbocycles. The van der Waals surface area contributed by atoms with E-state index in [-0.39, 0.29) is 6.54 Å². The molecule has 0 amide bonds. The van der Waals surface area contributed by atoms with Gasteiger partial charge in [0.1, 0.15) is 0 Å². The minimum Gasteiger partial charge on any atom is -0.467 e. The summed E-state index contributed by atoms with van der Waals surface area (Å²) in [7, 11) is 1.26. The average molecular weight is 316 g/mol. The Labute approximate surface area is 115 Å². The number of rotatable bonds is 4. The average Bonchev–Trinajstić information content (AvgIpc) is 2.26. The van der Waals surface area contributed by atoms with Gasteiger partial charge in [-0.15, -0.1) is 0 Å². The van der Waals surface area contributed by atoms with E-state index in [1.807, 2.05) is 26.0 Å². The van der Waals surface area contributed by atoms with Crippen LogP contribution in [0.3, 0.4) is 0 Å². The van der Waals surface area contributed by atoms with Crippen molar-refractivity contribution in [3.8, 4) is 0 Å². The third-order valence-electron chi connectivity index (χ3n) is 2.73. The zero-order valence-corrected chi connectivity index (χ0v) is 12.6. The third kappa shape index (κ3) is 3.46. The Balaban J connectivity index is 2.84. The topological polar surface area (TPSA) is 58.6 Å². The summed E-state index contributed by atoms with van der Waals surface area (Å²) in [5.74, 6) is -0.651. The van der Waals surface area contributed by atoms with Crippen LogP contribution in [-0.2, 0) is 9.53 Å². The van der Waals surface area contributed by atoms with Crippen LogP contribution in [0, 0.1) is 13.8 Å². The lowest BCUT2D eigenvalue weighted by atomic mass is 10.1. The molecule has 0 aliphatic heterocycles. The zero-order valence-electron chi connectivity index (χ0n) is 11.0. The molecule has 0 fully saturated rings. The molecule has 0 aromatic heterocycles. The Hall–Kier alpha value is -1.07. The Morgan fingerprint density at radius 3 is 2.39 bits per heavy atom. The van der Waals surface area contributed by atoms with Crippen LogP contribution in [-0.4, -0.2) is 30.3 Å². The summed E-state index contributed by atoms with van der Waals surface area (Å²) in [6, 6.07) is 3.95. The number of carbonyl (C=O) groups excluding carboxylic acids is 1. The number of hydrogen-bond acceptors (Lipinski definition) is 4. The van der Waals surface area contributed by atoms with Crippen LogP contribution in [0.4, 0.5) is 5.69 Å². The molecule has 0 aliphatic carbocycles. The van der Waals surface area contributed by atoms with Gasteiger partial charge in [-0.1, -0.05) is 15.9 Å². The van der Waals surface area contributed by atoms with Gasteiger partial charge < -0.3 is 15.2 Å². The summed E-state index contributed by atoms with van der Waals surface area (Å²) in [5, 5.41) is 13.0. The highest BCUT2D eigenvalue weighted by Crippen LogP contribution is 2.25. The van der Waals surface area contributed by atoms with Crippen LogP contribution < -0.4 is 5.32 Å². The van der Waals surface area contributed by atoms with E-state index >= 15 is 0 Å². The standard InChI is InChI=1S/C13H18BrNO3/c1-8-5-10(14)6-9(2)11(8)15-7-13(3,17)12(16)18-4/h5-6,15,17H,7H2,1-4H3. The van der Waals surface area contributed by atoms with Crippen molar-refractivity contribution in [3.05, 3.63) is 27.7 Å². The third-order valence-corrected chi connectivity index (χ3v) is 3.19. The van der Waals surface area contributed by atoms with Crippen molar-refractivity contribution in [1.29, 1.82) is 0 Å². The zero-order chi connectivity index (χ0) is 13.9. The molecular formula is C13H18BrNO3. The van der Waals surface area contributed by atoms with Gasteiger partial charge in [-0.2, -0.15) is 0 Å². The van der Waals surface area contributed by atoms with E-state index in [2.05, 4.69) is 26.0 Å². The molecule has 0 radical (unpaired) electrons. The van der Waals surface area contributed by atoms with Crippen molar-refractivity contribution in [2.45, 2.75) is 26.4 Å². The van der Waals surface area contributed by atoms with Crippen LogP contribution in [0.5, 0.6) is 0 Å². The smallest absolute Gasteiger partial charge is 0.339 e. The summed E-state index contributed by atoms with van der Waals surface area (Å²) in [4.78, 5) is 11.4. The van der Waals surface area contributed by atoms with E-state index in [0.29, 0.717) is 0 Å². The van der Waals surface area contributed by atoms with Gasteiger partial charge in [0.2, 0.25) is 0 Å². The first kappa shape index (κ1) is 15.0.